The van der Waals surface area contributed by atoms with E-state index in [9.17, 15) is 9.59 Å². The van der Waals surface area contributed by atoms with Gasteiger partial charge in [0.05, 0.1) is 17.7 Å². The molecule has 22 heavy (non-hydrogen) atoms. The highest BCUT2D eigenvalue weighted by Gasteiger charge is 2.35. The van der Waals surface area contributed by atoms with Crippen molar-refractivity contribution in [3.05, 3.63) is 35.4 Å². The van der Waals surface area contributed by atoms with Gasteiger partial charge in [-0.2, -0.15) is 0 Å². The average molecular weight is 303 g/mol. The number of fused-ring (bicyclic) bond motifs is 1. The first-order chi connectivity index (χ1) is 10.7. The largest absolute Gasteiger partial charge is 0.353 e. The second-order valence-corrected chi connectivity index (χ2v) is 6.00. The number of rotatable bonds is 5. The summed E-state index contributed by atoms with van der Waals surface area (Å²) in [4.78, 5) is 25.9. The summed E-state index contributed by atoms with van der Waals surface area (Å²) in [5.74, 6) is -0.338. The van der Waals surface area contributed by atoms with E-state index in [0.29, 0.717) is 24.3 Å². The first-order valence-electron chi connectivity index (χ1n) is 7.85. The molecule has 0 bridgehead atoms. The monoisotopic (exact) mass is 303 g/mol. The highest BCUT2D eigenvalue weighted by atomic mass is 16.7. The van der Waals surface area contributed by atoms with Crippen molar-refractivity contribution in [2.45, 2.75) is 32.5 Å². The molecule has 1 saturated heterocycles. The van der Waals surface area contributed by atoms with Crippen LogP contribution >= 0.6 is 0 Å². The van der Waals surface area contributed by atoms with Gasteiger partial charge >= 0.3 is 0 Å². The van der Waals surface area contributed by atoms with Crippen LogP contribution in [-0.2, 0) is 9.47 Å². The van der Waals surface area contributed by atoms with Crippen molar-refractivity contribution in [3.63, 3.8) is 0 Å². The first-order valence-corrected chi connectivity index (χ1v) is 7.85. The van der Waals surface area contributed by atoms with Crippen LogP contribution in [0.4, 0.5) is 0 Å². The summed E-state index contributed by atoms with van der Waals surface area (Å²) in [7, 11) is 0. The molecule has 0 N–H and O–H groups in total. The van der Waals surface area contributed by atoms with Gasteiger partial charge in [0.15, 0.2) is 6.29 Å². The average Bonchev–Trinajstić information content (AvgIpc) is 2.79. The summed E-state index contributed by atoms with van der Waals surface area (Å²) in [5.41, 5.74) is 0.993. The number of benzene rings is 1. The minimum absolute atomic E-state index is 0.0766. The lowest BCUT2D eigenvalue weighted by Crippen LogP contribution is -2.36. The van der Waals surface area contributed by atoms with Gasteiger partial charge in [-0.05, 0) is 37.3 Å². The molecule has 0 radical (unpaired) electrons. The van der Waals surface area contributed by atoms with Gasteiger partial charge < -0.3 is 9.47 Å². The maximum absolute atomic E-state index is 12.3. The Kier molecular flexibility index (Phi) is 4.55. The topological polar surface area (TPSA) is 55.8 Å². The van der Waals surface area contributed by atoms with Gasteiger partial charge in [0.25, 0.3) is 11.8 Å². The number of hydrogen-bond acceptors (Lipinski definition) is 4. The van der Waals surface area contributed by atoms with Crippen LogP contribution < -0.4 is 0 Å². The molecule has 1 unspecified atom stereocenters. The number of carbonyl (C=O) groups is 2. The van der Waals surface area contributed by atoms with Crippen molar-refractivity contribution in [1.82, 2.24) is 4.90 Å². The molecule has 5 nitrogen and oxygen atoms in total. The Labute approximate surface area is 130 Å². The smallest absolute Gasteiger partial charge is 0.261 e. The van der Waals surface area contributed by atoms with Crippen molar-refractivity contribution in [2.24, 2.45) is 5.92 Å². The number of ether oxygens (including phenoxy) is 2. The zero-order chi connectivity index (χ0) is 15.5. The summed E-state index contributed by atoms with van der Waals surface area (Å²) in [6, 6.07) is 6.96. The Balaban J connectivity index is 1.55. The normalized spacial score (nSPS) is 22.8. The number of imide groups is 1. The Morgan fingerprint density at radius 3 is 2.50 bits per heavy atom. The van der Waals surface area contributed by atoms with Crippen molar-refractivity contribution in [1.29, 1.82) is 0 Å². The molecular weight excluding hydrogens is 282 g/mol. The lowest BCUT2D eigenvalue weighted by atomic mass is 10.1. The first kappa shape index (κ1) is 15.2. The second-order valence-electron chi connectivity index (χ2n) is 6.00. The molecule has 1 aromatic rings. The molecule has 1 fully saturated rings. The standard InChI is InChI=1S/C17H21NO4/c1-12(11-22-15-8-4-5-9-21-15)10-18-16(19)13-6-2-3-7-14(13)17(18)20/h2-3,6-7,12,15H,4-5,8-11H2,1H3/t12-,15?/m1/s1. The molecule has 3 rings (SSSR count). The van der Waals surface area contributed by atoms with Crippen LogP contribution in [0.25, 0.3) is 0 Å². The third kappa shape index (κ3) is 3.05. The Bertz CT molecular complexity index is 531. The fraction of sp³-hybridized carbons (Fsp3) is 0.529. The summed E-state index contributed by atoms with van der Waals surface area (Å²) in [6.45, 7) is 3.58. The Morgan fingerprint density at radius 1 is 1.23 bits per heavy atom. The number of carbonyl (C=O) groups excluding carboxylic acids is 2. The molecular formula is C17H21NO4. The van der Waals surface area contributed by atoms with Gasteiger partial charge in [0, 0.05) is 13.2 Å². The second kappa shape index (κ2) is 6.58. The summed E-state index contributed by atoms with van der Waals surface area (Å²) in [6.07, 6.45) is 2.99. The lowest BCUT2D eigenvalue weighted by Gasteiger charge is -2.25. The number of amides is 2. The van der Waals surface area contributed by atoms with Gasteiger partial charge in [0.2, 0.25) is 0 Å². The minimum Gasteiger partial charge on any atom is -0.353 e. The third-order valence-electron chi connectivity index (χ3n) is 4.08. The van der Waals surface area contributed by atoms with Crippen molar-refractivity contribution in [3.8, 4) is 0 Å². The minimum atomic E-state index is -0.207. The van der Waals surface area contributed by atoms with E-state index >= 15 is 0 Å². The zero-order valence-electron chi connectivity index (χ0n) is 12.8. The van der Waals surface area contributed by atoms with Gasteiger partial charge in [-0.15, -0.1) is 0 Å². The van der Waals surface area contributed by atoms with Gasteiger partial charge in [-0.1, -0.05) is 19.1 Å². The van der Waals surface area contributed by atoms with Crippen LogP contribution in [0, 0.1) is 5.92 Å². The van der Waals surface area contributed by atoms with Crippen LogP contribution in [0.1, 0.15) is 46.9 Å². The van der Waals surface area contributed by atoms with E-state index in [1.165, 1.54) is 4.90 Å². The number of hydrogen-bond donors (Lipinski definition) is 0. The Hall–Kier alpha value is -1.72. The van der Waals surface area contributed by atoms with Crippen LogP contribution in [0.2, 0.25) is 0 Å². The zero-order valence-corrected chi connectivity index (χ0v) is 12.8. The number of nitrogens with zero attached hydrogens (tertiary/aromatic N) is 1. The molecule has 0 saturated carbocycles. The van der Waals surface area contributed by atoms with Gasteiger partial charge in [-0.25, -0.2) is 0 Å². The van der Waals surface area contributed by atoms with E-state index in [2.05, 4.69) is 0 Å². The fourth-order valence-electron chi connectivity index (χ4n) is 2.88. The van der Waals surface area contributed by atoms with E-state index in [4.69, 9.17) is 9.47 Å². The molecule has 2 atom stereocenters. The molecule has 2 amide bonds. The van der Waals surface area contributed by atoms with Crippen molar-refractivity contribution >= 4 is 11.8 Å². The predicted octanol–water partition coefficient (Wildman–Crippen LogP) is 2.46. The summed E-state index contributed by atoms with van der Waals surface area (Å²) < 4.78 is 11.3. The molecule has 0 aromatic heterocycles. The molecule has 2 aliphatic rings. The fourth-order valence-corrected chi connectivity index (χ4v) is 2.88. The van der Waals surface area contributed by atoms with Crippen LogP contribution in [0.5, 0.6) is 0 Å². The van der Waals surface area contributed by atoms with Crippen molar-refractivity contribution < 1.29 is 19.1 Å². The van der Waals surface area contributed by atoms with E-state index in [1.807, 2.05) is 6.92 Å². The molecule has 2 heterocycles. The van der Waals surface area contributed by atoms with E-state index in [1.54, 1.807) is 24.3 Å². The van der Waals surface area contributed by atoms with Crippen LogP contribution in [0.15, 0.2) is 24.3 Å². The highest BCUT2D eigenvalue weighted by Crippen LogP contribution is 2.23. The maximum atomic E-state index is 12.3. The molecule has 5 heteroatoms. The summed E-state index contributed by atoms with van der Waals surface area (Å²) >= 11 is 0. The van der Waals surface area contributed by atoms with E-state index in [0.717, 1.165) is 25.9 Å². The van der Waals surface area contributed by atoms with Crippen LogP contribution in [-0.4, -0.2) is 42.8 Å². The predicted molar refractivity (Wildman–Crippen MR) is 80.5 cm³/mol. The van der Waals surface area contributed by atoms with Gasteiger partial charge in [0.1, 0.15) is 0 Å². The van der Waals surface area contributed by atoms with Crippen molar-refractivity contribution in [2.75, 3.05) is 19.8 Å². The van der Waals surface area contributed by atoms with E-state index < -0.39 is 0 Å². The summed E-state index contributed by atoms with van der Waals surface area (Å²) in [5, 5.41) is 0. The molecule has 1 aromatic carbocycles. The van der Waals surface area contributed by atoms with E-state index in [-0.39, 0.29) is 24.0 Å². The molecule has 2 aliphatic heterocycles. The molecule has 0 aliphatic carbocycles. The Morgan fingerprint density at radius 2 is 1.91 bits per heavy atom. The third-order valence-corrected chi connectivity index (χ3v) is 4.08. The maximum Gasteiger partial charge on any atom is 0.261 e. The SMILES string of the molecule is C[C@@H](COC1CCCCO1)CN1C(=O)c2ccccc2C1=O. The highest BCUT2D eigenvalue weighted by molar-refractivity contribution is 6.21. The van der Waals surface area contributed by atoms with Gasteiger partial charge in [-0.3, -0.25) is 14.5 Å². The molecule has 118 valence electrons. The lowest BCUT2D eigenvalue weighted by molar-refractivity contribution is -0.168. The quantitative estimate of drug-likeness (QED) is 0.784. The molecule has 0 spiro atoms. The van der Waals surface area contributed by atoms with Crippen LogP contribution in [0.3, 0.4) is 0 Å².